The van der Waals surface area contributed by atoms with E-state index in [1.165, 1.54) is 19.3 Å². The average Bonchev–Trinajstić information content (AvgIpc) is 2.78. The number of ether oxygens (including phenoxy) is 2. The topological polar surface area (TPSA) is 81.3 Å². The van der Waals surface area contributed by atoms with Crippen molar-refractivity contribution in [3.05, 3.63) is 52.8 Å². The van der Waals surface area contributed by atoms with Crippen molar-refractivity contribution in [3.63, 3.8) is 0 Å². The number of H-pyrrole nitrogens is 1. The summed E-state index contributed by atoms with van der Waals surface area (Å²) in [6.07, 6.45) is 6.71. The Hall–Kier alpha value is -3.15. The van der Waals surface area contributed by atoms with Gasteiger partial charge in [0.25, 0.3) is 5.56 Å². The third-order valence-corrected chi connectivity index (χ3v) is 7.72. The molecule has 32 heavy (non-hydrogen) atoms. The number of benzene rings is 2. The number of carbonyl (C=O) groups is 1. The summed E-state index contributed by atoms with van der Waals surface area (Å²) in [6, 6.07) is 12.5. The molecule has 0 amide bonds. The second kappa shape index (κ2) is 7.19. The molecule has 4 aliphatic rings. The summed E-state index contributed by atoms with van der Waals surface area (Å²) < 4.78 is 11.5. The number of esters is 1. The van der Waals surface area contributed by atoms with Crippen LogP contribution in [0.15, 0.2) is 47.3 Å². The molecule has 3 aromatic rings. The van der Waals surface area contributed by atoms with Gasteiger partial charge in [0, 0.05) is 5.56 Å². The number of nitrogens with one attached hydrogen (secondary N) is 1. The second-order valence-corrected chi connectivity index (χ2v) is 9.88. The van der Waals surface area contributed by atoms with Crippen molar-refractivity contribution in [2.24, 2.45) is 23.2 Å². The minimum Gasteiger partial charge on any atom is -0.493 e. The number of para-hydroxylation sites is 1. The Balaban J connectivity index is 1.30. The molecule has 1 heterocycles. The molecular weight excluding hydrogens is 404 g/mol. The molecule has 1 aromatic heterocycles. The van der Waals surface area contributed by atoms with Crippen LogP contribution >= 0.6 is 0 Å². The number of methoxy groups -OCH3 is 1. The first-order chi connectivity index (χ1) is 15.5. The first kappa shape index (κ1) is 19.5. The van der Waals surface area contributed by atoms with E-state index >= 15 is 0 Å². The highest BCUT2D eigenvalue weighted by Crippen LogP contribution is 2.60. The molecule has 0 spiro atoms. The van der Waals surface area contributed by atoms with Gasteiger partial charge >= 0.3 is 5.97 Å². The molecule has 0 radical (unpaired) electrons. The summed E-state index contributed by atoms with van der Waals surface area (Å²) in [6.45, 7) is 0. The predicted octanol–water partition coefficient (Wildman–Crippen LogP) is 4.72. The summed E-state index contributed by atoms with van der Waals surface area (Å²) in [5.74, 6) is 3.24. The molecule has 4 fully saturated rings. The van der Waals surface area contributed by atoms with Crippen molar-refractivity contribution < 1.29 is 14.3 Å². The van der Waals surface area contributed by atoms with Crippen molar-refractivity contribution in [2.75, 3.05) is 7.11 Å². The van der Waals surface area contributed by atoms with Crippen molar-refractivity contribution in [2.45, 2.75) is 38.5 Å². The fourth-order valence-electron chi connectivity index (χ4n) is 6.69. The quantitative estimate of drug-likeness (QED) is 0.478. The summed E-state index contributed by atoms with van der Waals surface area (Å²) in [5, 5.41) is 0.546. The van der Waals surface area contributed by atoms with Gasteiger partial charge in [-0.2, -0.15) is 0 Å². The molecular formula is C26H26N2O4. The van der Waals surface area contributed by atoms with E-state index in [4.69, 9.17) is 9.47 Å². The average molecular weight is 431 g/mol. The van der Waals surface area contributed by atoms with Crippen LogP contribution in [0.2, 0.25) is 0 Å². The highest BCUT2D eigenvalue weighted by Gasteiger charge is 2.55. The number of fused-ring (bicyclic) bond motifs is 1. The van der Waals surface area contributed by atoms with Crippen LogP contribution < -0.4 is 15.0 Å². The molecule has 0 aliphatic heterocycles. The van der Waals surface area contributed by atoms with Crippen molar-refractivity contribution in [1.82, 2.24) is 9.97 Å². The number of rotatable bonds is 4. The minimum absolute atomic E-state index is 0.111. The van der Waals surface area contributed by atoms with Crippen molar-refractivity contribution in [3.8, 4) is 22.9 Å². The van der Waals surface area contributed by atoms with Gasteiger partial charge in [-0.25, -0.2) is 4.98 Å². The molecule has 2 aromatic carbocycles. The first-order valence-corrected chi connectivity index (χ1v) is 11.4. The molecule has 0 unspecified atom stereocenters. The van der Waals surface area contributed by atoms with Crippen molar-refractivity contribution in [1.29, 1.82) is 0 Å². The summed E-state index contributed by atoms with van der Waals surface area (Å²) in [4.78, 5) is 33.2. The molecule has 0 saturated heterocycles. The number of aromatic amines is 1. The van der Waals surface area contributed by atoms with Gasteiger partial charge in [0.05, 0.1) is 23.4 Å². The number of carbonyl (C=O) groups excluding carboxylic acids is 1. The molecule has 1 N–H and O–H groups in total. The van der Waals surface area contributed by atoms with Crippen LogP contribution in [0.25, 0.3) is 22.3 Å². The van der Waals surface area contributed by atoms with E-state index in [1.54, 1.807) is 31.4 Å². The lowest BCUT2D eigenvalue weighted by molar-refractivity contribution is -0.161. The predicted molar refractivity (Wildman–Crippen MR) is 121 cm³/mol. The lowest BCUT2D eigenvalue weighted by atomic mass is 9.49. The molecule has 7 rings (SSSR count). The third kappa shape index (κ3) is 3.12. The molecule has 6 heteroatoms. The largest absolute Gasteiger partial charge is 0.493 e. The highest BCUT2D eigenvalue weighted by molar-refractivity contribution is 5.82. The molecule has 164 valence electrons. The lowest BCUT2D eigenvalue weighted by Gasteiger charge is -2.55. The maximum absolute atomic E-state index is 13.3. The first-order valence-electron chi connectivity index (χ1n) is 11.4. The Bertz CT molecular complexity index is 1240. The number of nitrogens with zero attached hydrogens (tertiary/aromatic N) is 1. The van der Waals surface area contributed by atoms with Gasteiger partial charge in [-0.1, -0.05) is 12.1 Å². The highest BCUT2D eigenvalue weighted by atomic mass is 16.6. The Labute approximate surface area is 186 Å². The van der Waals surface area contributed by atoms with Gasteiger partial charge in [0.15, 0.2) is 11.5 Å². The fourth-order valence-corrected chi connectivity index (χ4v) is 6.69. The molecule has 4 aliphatic carbocycles. The van der Waals surface area contributed by atoms with Crippen LogP contribution in [0.1, 0.15) is 38.5 Å². The Morgan fingerprint density at radius 3 is 2.38 bits per heavy atom. The van der Waals surface area contributed by atoms with Gasteiger partial charge in [-0.3, -0.25) is 9.59 Å². The van der Waals surface area contributed by atoms with Gasteiger partial charge in [-0.15, -0.1) is 0 Å². The van der Waals surface area contributed by atoms with E-state index in [0.717, 1.165) is 19.3 Å². The number of hydrogen-bond donors (Lipinski definition) is 1. The molecule has 6 nitrogen and oxygen atoms in total. The minimum atomic E-state index is -0.330. The zero-order valence-corrected chi connectivity index (χ0v) is 18.1. The molecule has 4 bridgehead atoms. The standard InChI is InChI=1S/C26H26N2O4/c1-31-22-11-18(23-27-20-5-3-2-4-19(20)24(29)28-23)6-7-21(22)32-25(30)26-12-15-8-16(13-26)10-17(9-15)14-26/h2-7,11,15-17H,8-10,12-14H2,1H3,(H,27,28,29). The molecule has 0 atom stereocenters. The van der Waals surface area contributed by atoms with E-state index in [2.05, 4.69) is 9.97 Å². The van der Waals surface area contributed by atoms with Crippen LogP contribution in [0.4, 0.5) is 0 Å². The van der Waals surface area contributed by atoms with Crippen LogP contribution in [-0.2, 0) is 4.79 Å². The van der Waals surface area contributed by atoms with Gasteiger partial charge in [0.2, 0.25) is 0 Å². The zero-order chi connectivity index (χ0) is 21.9. The van der Waals surface area contributed by atoms with Gasteiger partial charge < -0.3 is 14.5 Å². The normalized spacial score (nSPS) is 28.1. The van der Waals surface area contributed by atoms with Crippen LogP contribution in [0.3, 0.4) is 0 Å². The van der Waals surface area contributed by atoms with Gasteiger partial charge in [-0.05, 0) is 86.6 Å². The summed E-state index contributed by atoms with van der Waals surface area (Å²) >= 11 is 0. The fraction of sp³-hybridized carbons (Fsp3) is 0.423. The SMILES string of the molecule is COc1cc(-c2nc3ccccc3c(=O)[nH]2)ccc1OC(=O)C12CC3CC(CC(C3)C1)C2. The Morgan fingerprint density at radius 1 is 1.00 bits per heavy atom. The second-order valence-electron chi connectivity index (χ2n) is 9.88. The maximum atomic E-state index is 13.3. The van der Waals surface area contributed by atoms with E-state index in [1.807, 2.05) is 18.2 Å². The van der Waals surface area contributed by atoms with Gasteiger partial charge in [0.1, 0.15) is 5.82 Å². The summed E-state index contributed by atoms with van der Waals surface area (Å²) in [5.41, 5.74) is 0.799. The molecule has 4 saturated carbocycles. The van der Waals surface area contributed by atoms with E-state index in [-0.39, 0.29) is 16.9 Å². The third-order valence-electron chi connectivity index (χ3n) is 7.72. The van der Waals surface area contributed by atoms with E-state index < -0.39 is 0 Å². The Morgan fingerprint density at radius 2 is 1.69 bits per heavy atom. The van der Waals surface area contributed by atoms with Crippen LogP contribution in [-0.4, -0.2) is 23.0 Å². The maximum Gasteiger partial charge on any atom is 0.317 e. The van der Waals surface area contributed by atoms with Crippen LogP contribution in [0.5, 0.6) is 11.5 Å². The Kier molecular flexibility index (Phi) is 4.39. The smallest absolute Gasteiger partial charge is 0.317 e. The number of hydrogen-bond acceptors (Lipinski definition) is 5. The zero-order valence-electron chi connectivity index (χ0n) is 18.1. The lowest BCUT2D eigenvalue weighted by Crippen LogP contribution is -2.51. The number of aromatic nitrogens is 2. The monoisotopic (exact) mass is 430 g/mol. The summed E-state index contributed by atoms with van der Waals surface area (Å²) in [7, 11) is 1.55. The van der Waals surface area contributed by atoms with E-state index in [9.17, 15) is 9.59 Å². The van der Waals surface area contributed by atoms with E-state index in [0.29, 0.717) is 51.5 Å². The van der Waals surface area contributed by atoms with Crippen molar-refractivity contribution >= 4 is 16.9 Å². The van der Waals surface area contributed by atoms with Crippen LogP contribution in [0, 0.1) is 23.2 Å².